The fraction of sp³-hybridized carbons (Fsp3) is 0.571. The standard InChI is InChI=1S/C14H19F3N2/c1-9(10-3-5-19(2)6-4-10)18-13-8-11(15)7-12(16)14(13)17/h7-10,18H,3-6H2,1-2H3. The Morgan fingerprint density at radius 1 is 1.21 bits per heavy atom. The SMILES string of the molecule is CC(Nc1cc(F)cc(F)c1F)C1CCN(C)CC1. The lowest BCUT2D eigenvalue weighted by molar-refractivity contribution is 0.208. The molecule has 0 radical (unpaired) electrons. The van der Waals surface area contributed by atoms with E-state index >= 15 is 0 Å². The number of piperidine rings is 1. The van der Waals surface area contributed by atoms with Crippen molar-refractivity contribution in [3.05, 3.63) is 29.6 Å². The highest BCUT2D eigenvalue weighted by Crippen LogP contribution is 2.25. The smallest absolute Gasteiger partial charge is 0.182 e. The van der Waals surface area contributed by atoms with E-state index in [0.717, 1.165) is 32.0 Å². The van der Waals surface area contributed by atoms with Gasteiger partial charge >= 0.3 is 0 Å². The molecule has 1 aliphatic rings. The molecule has 1 heterocycles. The first kappa shape index (κ1) is 14.2. The van der Waals surface area contributed by atoms with Crippen LogP contribution in [0.5, 0.6) is 0 Å². The molecule has 1 N–H and O–H groups in total. The van der Waals surface area contributed by atoms with Crippen molar-refractivity contribution in [1.82, 2.24) is 4.90 Å². The highest BCUT2D eigenvalue weighted by atomic mass is 19.2. The van der Waals surface area contributed by atoms with Crippen molar-refractivity contribution in [3.63, 3.8) is 0 Å². The molecule has 1 fully saturated rings. The molecule has 106 valence electrons. The second-order valence-electron chi connectivity index (χ2n) is 5.32. The molecule has 0 aliphatic carbocycles. The van der Waals surface area contributed by atoms with Gasteiger partial charge in [0.25, 0.3) is 0 Å². The van der Waals surface area contributed by atoms with E-state index in [9.17, 15) is 13.2 Å². The third-order valence-electron chi connectivity index (χ3n) is 3.85. The lowest BCUT2D eigenvalue weighted by Crippen LogP contribution is -2.37. The highest BCUT2D eigenvalue weighted by Gasteiger charge is 2.23. The topological polar surface area (TPSA) is 15.3 Å². The number of nitrogens with one attached hydrogen (secondary N) is 1. The molecule has 2 rings (SSSR count). The Morgan fingerprint density at radius 2 is 1.84 bits per heavy atom. The second-order valence-corrected chi connectivity index (χ2v) is 5.32. The number of nitrogens with zero attached hydrogens (tertiary/aromatic N) is 1. The molecule has 0 saturated carbocycles. The molecule has 1 unspecified atom stereocenters. The summed E-state index contributed by atoms with van der Waals surface area (Å²) in [6.45, 7) is 3.92. The number of rotatable bonds is 3. The number of benzene rings is 1. The first-order valence-corrected chi connectivity index (χ1v) is 6.57. The zero-order valence-electron chi connectivity index (χ0n) is 11.2. The summed E-state index contributed by atoms with van der Waals surface area (Å²) in [5.74, 6) is -2.54. The fourth-order valence-electron chi connectivity index (χ4n) is 2.55. The van der Waals surface area contributed by atoms with Crippen LogP contribution in [0.3, 0.4) is 0 Å². The minimum atomic E-state index is -1.15. The Hall–Kier alpha value is -1.23. The van der Waals surface area contributed by atoms with Crippen molar-refractivity contribution in [2.24, 2.45) is 5.92 Å². The van der Waals surface area contributed by atoms with Crippen LogP contribution in [0.1, 0.15) is 19.8 Å². The maximum atomic E-state index is 13.6. The summed E-state index contributed by atoms with van der Waals surface area (Å²) < 4.78 is 39.8. The summed E-state index contributed by atoms with van der Waals surface area (Å²) in [6.07, 6.45) is 2.01. The Labute approximate surface area is 111 Å². The van der Waals surface area contributed by atoms with Gasteiger partial charge in [0.05, 0.1) is 5.69 Å². The van der Waals surface area contributed by atoms with E-state index in [-0.39, 0.29) is 11.7 Å². The molecule has 2 nitrogen and oxygen atoms in total. The van der Waals surface area contributed by atoms with Crippen LogP contribution < -0.4 is 5.32 Å². The first-order chi connectivity index (χ1) is 8.97. The molecule has 5 heteroatoms. The number of anilines is 1. The van der Waals surface area contributed by atoms with Crippen LogP contribution in [-0.2, 0) is 0 Å². The molecule has 1 aromatic rings. The van der Waals surface area contributed by atoms with Crippen LogP contribution in [0.25, 0.3) is 0 Å². The molecule has 19 heavy (non-hydrogen) atoms. The van der Waals surface area contributed by atoms with Crippen molar-refractivity contribution < 1.29 is 13.2 Å². The van der Waals surface area contributed by atoms with E-state index in [1.807, 2.05) is 6.92 Å². The van der Waals surface area contributed by atoms with Gasteiger partial charge in [-0.2, -0.15) is 0 Å². The van der Waals surface area contributed by atoms with Crippen molar-refractivity contribution >= 4 is 5.69 Å². The van der Waals surface area contributed by atoms with Gasteiger partial charge in [-0.1, -0.05) is 0 Å². The summed E-state index contributed by atoms with van der Waals surface area (Å²) in [4.78, 5) is 2.24. The number of hydrogen-bond acceptors (Lipinski definition) is 2. The van der Waals surface area contributed by atoms with E-state index in [0.29, 0.717) is 12.0 Å². The van der Waals surface area contributed by atoms with Crippen molar-refractivity contribution in [1.29, 1.82) is 0 Å². The molecule has 0 spiro atoms. The Morgan fingerprint density at radius 3 is 2.47 bits per heavy atom. The molecule has 1 saturated heterocycles. The van der Waals surface area contributed by atoms with E-state index in [1.54, 1.807) is 0 Å². The average Bonchev–Trinajstić information content (AvgIpc) is 2.36. The third kappa shape index (κ3) is 3.41. The Kier molecular flexibility index (Phi) is 4.34. The Bertz CT molecular complexity index is 443. The number of halogens is 3. The van der Waals surface area contributed by atoms with E-state index in [2.05, 4.69) is 17.3 Å². The largest absolute Gasteiger partial charge is 0.380 e. The predicted octanol–water partition coefficient (Wildman–Crippen LogP) is 3.25. The average molecular weight is 272 g/mol. The Balaban J connectivity index is 2.04. The van der Waals surface area contributed by atoms with Gasteiger partial charge in [0.2, 0.25) is 0 Å². The zero-order valence-corrected chi connectivity index (χ0v) is 11.2. The summed E-state index contributed by atoms with van der Waals surface area (Å²) in [5, 5.41) is 2.90. The third-order valence-corrected chi connectivity index (χ3v) is 3.85. The highest BCUT2D eigenvalue weighted by molar-refractivity contribution is 5.46. The quantitative estimate of drug-likeness (QED) is 0.850. The molecule has 0 bridgehead atoms. The monoisotopic (exact) mass is 272 g/mol. The van der Waals surface area contributed by atoms with Crippen molar-refractivity contribution in [3.8, 4) is 0 Å². The summed E-state index contributed by atoms with van der Waals surface area (Å²) >= 11 is 0. The fourth-order valence-corrected chi connectivity index (χ4v) is 2.55. The van der Waals surface area contributed by atoms with Gasteiger partial charge in [0, 0.05) is 18.2 Å². The minimum absolute atomic E-state index is 0.00981. The molecule has 1 aliphatic heterocycles. The van der Waals surface area contributed by atoms with Gasteiger partial charge in [-0.25, -0.2) is 13.2 Å². The van der Waals surface area contributed by atoms with E-state index in [4.69, 9.17) is 0 Å². The van der Waals surface area contributed by atoms with Crippen LogP contribution in [0.2, 0.25) is 0 Å². The lowest BCUT2D eigenvalue weighted by Gasteiger charge is -2.33. The number of hydrogen-bond donors (Lipinski definition) is 1. The molecule has 1 atom stereocenters. The van der Waals surface area contributed by atoms with Crippen molar-refractivity contribution in [2.75, 3.05) is 25.5 Å². The van der Waals surface area contributed by atoms with Gasteiger partial charge in [-0.3, -0.25) is 0 Å². The zero-order chi connectivity index (χ0) is 14.0. The molecular weight excluding hydrogens is 253 g/mol. The number of likely N-dealkylation sites (tertiary alicyclic amines) is 1. The molecule has 0 amide bonds. The first-order valence-electron chi connectivity index (χ1n) is 6.57. The van der Waals surface area contributed by atoms with Gasteiger partial charge < -0.3 is 10.2 Å². The molecule has 0 aromatic heterocycles. The van der Waals surface area contributed by atoms with Gasteiger partial charge in [0.15, 0.2) is 11.6 Å². The summed E-state index contributed by atoms with van der Waals surface area (Å²) in [7, 11) is 2.07. The van der Waals surface area contributed by atoms with E-state index in [1.165, 1.54) is 0 Å². The normalized spacial score (nSPS) is 19.4. The van der Waals surface area contributed by atoms with Crippen LogP contribution >= 0.6 is 0 Å². The molecular formula is C14H19F3N2. The van der Waals surface area contributed by atoms with Gasteiger partial charge in [-0.15, -0.1) is 0 Å². The molecule has 1 aromatic carbocycles. The van der Waals surface area contributed by atoms with Crippen molar-refractivity contribution in [2.45, 2.75) is 25.8 Å². The minimum Gasteiger partial charge on any atom is -0.380 e. The van der Waals surface area contributed by atoms with Crippen LogP contribution in [0.4, 0.5) is 18.9 Å². The van der Waals surface area contributed by atoms with Crippen LogP contribution in [-0.4, -0.2) is 31.1 Å². The van der Waals surface area contributed by atoms with Gasteiger partial charge in [0.1, 0.15) is 5.82 Å². The van der Waals surface area contributed by atoms with Crippen LogP contribution in [0, 0.1) is 23.4 Å². The van der Waals surface area contributed by atoms with E-state index < -0.39 is 17.5 Å². The maximum Gasteiger partial charge on any atom is 0.182 e. The summed E-state index contributed by atoms with van der Waals surface area (Å²) in [5.41, 5.74) is -0.0936. The van der Waals surface area contributed by atoms with Gasteiger partial charge in [-0.05, 0) is 45.8 Å². The second kappa shape index (κ2) is 5.82. The van der Waals surface area contributed by atoms with Crippen LogP contribution in [0.15, 0.2) is 12.1 Å². The predicted molar refractivity (Wildman–Crippen MR) is 69.6 cm³/mol. The lowest BCUT2D eigenvalue weighted by atomic mass is 9.90. The maximum absolute atomic E-state index is 13.6. The summed E-state index contributed by atoms with van der Waals surface area (Å²) in [6, 6.07) is 1.55.